The van der Waals surface area contributed by atoms with Crippen molar-refractivity contribution in [1.82, 2.24) is 4.90 Å². The maximum Gasteiger partial charge on any atom is 3.00 e. The second kappa shape index (κ2) is 16.3. The number of carbonyl (C=O) groups excluding carboxylic acids is 2. The van der Waals surface area contributed by atoms with Gasteiger partial charge in [-0.2, -0.15) is 0 Å². The third kappa shape index (κ3) is 16.3. The molecule has 0 spiro atoms. The Morgan fingerprint density at radius 2 is 1.41 bits per heavy atom. The molecule has 0 rings (SSSR count). The van der Waals surface area contributed by atoms with Gasteiger partial charge in [-0.3, -0.25) is 4.90 Å². The number of hydrogen-bond acceptors (Lipinski definition) is 6. The normalized spacial score (nSPS) is 9.82. The van der Waals surface area contributed by atoms with Gasteiger partial charge >= 0.3 is 46.3 Å². The molecular weight excluding hydrogens is 292 g/mol. The summed E-state index contributed by atoms with van der Waals surface area (Å²) in [7, 11) is 0. The second-order valence-electron chi connectivity index (χ2n) is 2.66. The summed E-state index contributed by atoms with van der Waals surface area (Å²) in [6.07, 6.45) is 0. The fourth-order valence-corrected chi connectivity index (χ4v) is 0.805. The Morgan fingerprint density at radius 1 is 1.12 bits per heavy atom. The molecule has 6 N–H and O–H groups in total. The minimum Gasteiger partial charge on any atom is -0.853 e. The molecule has 0 aliphatic rings. The molecule has 0 radical (unpaired) electrons. The third-order valence-corrected chi connectivity index (χ3v) is 1.53. The van der Waals surface area contributed by atoms with Gasteiger partial charge in [-0.15, -0.1) is 6.61 Å². The van der Waals surface area contributed by atoms with Gasteiger partial charge in [0, 0.05) is 13.1 Å². The molecule has 0 aromatic rings. The average Bonchev–Trinajstić information content (AvgIpc) is 2.00. The van der Waals surface area contributed by atoms with Crippen LogP contribution in [-0.2, 0) is 37.3 Å². The van der Waals surface area contributed by atoms with Crippen LogP contribution in [0.15, 0.2) is 0 Å². The number of aliphatic carboxylic acids is 2. The zero-order valence-corrected chi connectivity index (χ0v) is 12.7. The molecule has 17 heavy (non-hydrogen) atoms. The van der Waals surface area contributed by atoms with Gasteiger partial charge in [0.1, 0.15) is 0 Å². The van der Waals surface area contributed by atoms with Crippen LogP contribution in [0.4, 0.5) is 0 Å². The smallest absolute Gasteiger partial charge is 0.853 e. The van der Waals surface area contributed by atoms with Crippen LogP contribution in [0.5, 0.6) is 0 Å². The Balaban J connectivity index is -0.000000120. The monoisotopic (exact) mass is 308 g/mol. The van der Waals surface area contributed by atoms with E-state index in [1.807, 2.05) is 0 Å². The van der Waals surface area contributed by atoms with Crippen molar-refractivity contribution in [3.8, 4) is 0 Å². The Morgan fingerprint density at radius 3 is 1.59 bits per heavy atom. The van der Waals surface area contributed by atoms with E-state index in [4.69, 9.17) is 0 Å². The van der Waals surface area contributed by atoms with E-state index in [0.717, 1.165) is 4.90 Å². The average molecular weight is 308 g/mol. The molecule has 0 unspecified atom stereocenters. The van der Waals surface area contributed by atoms with Crippen LogP contribution in [0.3, 0.4) is 0 Å². The molecule has 1 atom stereocenters. The van der Waals surface area contributed by atoms with Crippen LogP contribution < -0.4 is 44.9 Å². The quantitative estimate of drug-likeness (QED) is 0.348. The number of rotatable bonds is 6. The Bertz CT molecular complexity index is 191. The maximum atomic E-state index is 10.4. The van der Waals surface area contributed by atoms with Crippen molar-refractivity contribution in [1.29, 1.82) is 0 Å². The van der Waals surface area contributed by atoms with Crippen LogP contribution in [-0.4, -0.2) is 42.6 Å². The van der Waals surface area contributed by atoms with E-state index < -0.39 is 37.7 Å². The van der Waals surface area contributed by atoms with Gasteiger partial charge in [0.2, 0.25) is 0 Å². The first kappa shape index (κ1) is 30.4. The molecule has 0 amide bonds. The Hall–Kier alpha value is 0.286. The number of hydrogen-bond donors (Lipinski definition) is 0. The molecule has 0 aromatic carbocycles. The summed E-state index contributed by atoms with van der Waals surface area (Å²) in [5.74, 6) is -2.83. The standard InChI is InChI=1S/C7H12NO5.Co.Na.2H2O/c1-5(4-9)8(2-6(10)11)3-7(12)13;;;;/h5H,2-4H2,1H3,(H,10,11)(H,12,13);;;2*1H2/q-1;+3;+1;;/t5-;;;;/m0..../s1. The Labute approximate surface area is 131 Å². The van der Waals surface area contributed by atoms with Crippen LogP contribution >= 0.6 is 0 Å². The van der Waals surface area contributed by atoms with E-state index in [0.29, 0.717) is 0 Å². The molecule has 0 fully saturated rings. The molecule has 0 bridgehead atoms. The van der Waals surface area contributed by atoms with Crippen molar-refractivity contribution in [2.75, 3.05) is 19.7 Å². The van der Waals surface area contributed by atoms with Crippen molar-refractivity contribution in [3.05, 3.63) is 0 Å². The van der Waals surface area contributed by atoms with Crippen molar-refractivity contribution in [2.45, 2.75) is 13.0 Å². The van der Waals surface area contributed by atoms with Gasteiger partial charge in [0.15, 0.2) is 0 Å². The molecule has 98 valence electrons. The van der Waals surface area contributed by atoms with Crippen LogP contribution in [0.1, 0.15) is 6.92 Å². The van der Waals surface area contributed by atoms with Gasteiger partial charge in [-0.1, -0.05) is 6.92 Å². The summed E-state index contributed by atoms with van der Waals surface area (Å²) < 4.78 is 0. The summed E-state index contributed by atoms with van der Waals surface area (Å²) in [5.41, 5.74) is 0. The summed E-state index contributed by atoms with van der Waals surface area (Å²) in [5, 5.41) is 30.7. The van der Waals surface area contributed by atoms with E-state index in [1.54, 1.807) is 0 Å². The fraction of sp³-hybridized carbons (Fsp3) is 0.714. The third-order valence-electron chi connectivity index (χ3n) is 1.53. The van der Waals surface area contributed by atoms with Crippen molar-refractivity contribution in [2.24, 2.45) is 0 Å². The molecule has 0 saturated carbocycles. The zero-order valence-electron chi connectivity index (χ0n) is 9.68. The first-order chi connectivity index (χ1) is 5.97. The molecule has 0 heterocycles. The number of carboxylic acid groups (broad SMARTS) is 2. The molecule has 8 nitrogen and oxygen atoms in total. The van der Waals surface area contributed by atoms with Crippen LogP contribution in [0.2, 0.25) is 0 Å². The van der Waals surface area contributed by atoms with Crippen LogP contribution in [0, 0.1) is 0 Å². The largest absolute Gasteiger partial charge is 3.00 e. The first-order valence-corrected chi connectivity index (χ1v) is 3.69. The number of carboxylic acids is 2. The zero-order chi connectivity index (χ0) is 10.4. The first-order valence-electron chi connectivity index (χ1n) is 3.69. The molecular formula is C7H16CoNNaO7+3. The second-order valence-corrected chi connectivity index (χ2v) is 2.66. The summed E-state index contributed by atoms with van der Waals surface area (Å²) in [6, 6.07) is -0.657. The van der Waals surface area contributed by atoms with Gasteiger partial charge < -0.3 is 35.9 Å². The molecule has 10 heteroatoms. The predicted molar refractivity (Wildman–Crippen MR) is 45.7 cm³/mol. The fourth-order valence-electron chi connectivity index (χ4n) is 0.805. The molecule has 0 saturated heterocycles. The molecule has 0 aromatic heterocycles. The van der Waals surface area contributed by atoms with E-state index in [9.17, 15) is 24.9 Å². The van der Waals surface area contributed by atoms with Crippen LogP contribution in [0.25, 0.3) is 0 Å². The molecule has 0 aliphatic carbocycles. The number of carbonyl (C=O) groups is 2. The summed E-state index contributed by atoms with van der Waals surface area (Å²) in [4.78, 5) is 21.3. The van der Waals surface area contributed by atoms with Crippen molar-refractivity contribution < 1.29 is 82.2 Å². The van der Waals surface area contributed by atoms with Gasteiger partial charge in [0.25, 0.3) is 0 Å². The van der Waals surface area contributed by atoms with Crippen molar-refractivity contribution in [3.63, 3.8) is 0 Å². The predicted octanol–water partition coefficient (Wildman–Crippen LogP) is -9.31. The van der Waals surface area contributed by atoms with E-state index >= 15 is 0 Å². The van der Waals surface area contributed by atoms with E-state index in [2.05, 4.69) is 0 Å². The number of nitrogens with zero attached hydrogens (tertiary/aromatic N) is 1. The maximum absolute atomic E-state index is 10.4. The minimum absolute atomic E-state index is 0. The van der Waals surface area contributed by atoms with Crippen molar-refractivity contribution >= 4 is 11.9 Å². The van der Waals surface area contributed by atoms with E-state index in [1.165, 1.54) is 6.92 Å². The van der Waals surface area contributed by atoms with Gasteiger partial charge in [0.05, 0.1) is 11.9 Å². The van der Waals surface area contributed by atoms with E-state index in [-0.39, 0.29) is 57.3 Å². The topological polar surface area (TPSA) is 173 Å². The van der Waals surface area contributed by atoms with Gasteiger partial charge in [-0.25, -0.2) is 0 Å². The Kier molecular flexibility index (Phi) is 29.1. The minimum atomic E-state index is -1.42. The SMILES string of the molecule is C[C@@H](C[O-])N(CC(=O)[O-])CC(=O)[O-].[Co+3].[Na+].[OH3+].[OH3+]. The summed E-state index contributed by atoms with van der Waals surface area (Å²) in [6.45, 7) is -0.270. The molecule has 0 aliphatic heterocycles. The summed E-state index contributed by atoms with van der Waals surface area (Å²) >= 11 is 0. The van der Waals surface area contributed by atoms with Gasteiger partial charge in [-0.05, 0) is 6.04 Å².